The Kier molecular flexibility index (Phi) is 7.49. The molecule has 0 saturated carbocycles. The summed E-state index contributed by atoms with van der Waals surface area (Å²) in [6.07, 6.45) is 2.71. The Morgan fingerprint density at radius 3 is 2.50 bits per heavy atom. The van der Waals surface area contributed by atoms with Gasteiger partial charge in [0.15, 0.2) is 0 Å². The zero-order valence-corrected chi connectivity index (χ0v) is 18.3. The van der Waals surface area contributed by atoms with Crippen molar-refractivity contribution in [3.05, 3.63) is 64.2 Å². The molecule has 0 heterocycles. The SMILES string of the molecule is Cc1cccc(CCCNC(=O)[C@@H](C)N(c2ccc(C)c(Cl)c2)S(C)(=O)=O)c1. The number of nitrogens with zero attached hydrogens (tertiary/aromatic N) is 1. The predicted molar refractivity (Wildman–Crippen MR) is 115 cm³/mol. The topological polar surface area (TPSA) is 66.5 Å². The minimum Gasteiger partial charge on any atom is -0.354 e. The summed E-state index contributed by atoms with van der Waals surface area (Å²) in [5.74, 6) is -0.341. The quantitative estimate of drug-likeness (QED) is 0.657. The van der Waals surface area contributed by atoms with Crippen molar-refractivity contribution in [3.8, 4) is 0 Å². The zero-order chi connectivity index (χ0) is 20.9. The monoisotopic (exact) mass is 422 g/mol. The summed E-state index contributed by atoms with van der Waals surface area (Å²) in [5, 5.41) is 3.29. The summed E-state index contributed by atoms with van der Waals surface area (Å²) in [6.45, 7) is 5.93. The van der Waals surface area contributed by atoms with Crippen LogP contribution in [0.3, 0.4) is 0 Å². The van der Waals surface area contributed by atoms with Crippen LogP contribution in [0.1, 0.15) is 30.0 Å². The Hall–Kier alpha value is -2.05. The molecule has 5 nitrogen and oxygen atoms in total. The van der Waals surface area contributed by atoms with Gasteiger partial charge in [0.25, 0.3) is 0 Å². The van der Waals surface area contributed by atoms with Crippen LogP contribution in [0.5, 0.6) is 0 Å². The average Bonchev–Trinajstić information content (AvgIpc) is 2.60. The highest BCUT2D eigenvalue weighted by atomic mass is 35.5. The van der Waals surface area contributed by atoms with Gasteiger partial charge in [0.1, 0.15) is 6.04 Å². The first-order chi connectivity index (χ1) is 13.1. The number of rotatable bonds is 8. The Balaban J connectivity index is 2.02. The van der Waals surface area contributed by atoms with Crippen molar-refractivity contribution < 1.29 is 13.2 Å². The molecule has 0 saturated heterocycles. The molecule has 1 atom stereocenters. The lowest BCUT2D eigenvalue weighted by Crippen LogP contribution is -2.48. The lowest BCUT2D eigenvalue weighted by Gasteiger charge is -2.28. The molecule has 2 aromatic carbocycles. The van der Waals surface area contributed by atoms with E-state index in [1.165, 1.54) is 11.1 Å². The van der Waals surface area contributed by atoms with Gasteiger partial charge in [-0.15, -0.1) is 0 Å². The van der Waals surface area contributed by atoms with E-state index >= 15 is 0 Å². The number of aryl methyl sites for hydroxylation is 3. The number of hydrogen-bond acceptors (Lipinski definition) is 3. The number of amides is 1. The number of halogens is 1. The van der Waals surface area contributed by atoms with Crippen molar-refractivity contribution in [2.24, 2.45) is 0 Å². The van der Waals surface area contributed by atoms with Gasteiger partial charge in [0.05, 0.1) is 11.9 Å². The first-order valence-electron chi connectivity index (χ1n) is 9.18. The van der Waals surface area contributed by atoms with Crippen LogP contribution in [0.2, 0.25) is 5.02 Å². The molecule has 1 amide bonds. The fourth-order valence-corrected chi connectivity index (χ4v) is 4.39. The van der Waals surface area contributed by atoms with Gasteiger partial charge in [-0.25, -0.2) is 8.42 Å². The van der Waals surface area contributed by atoms with E-state index in [4.69, 9.17) is 11.6 Å². The molecular weight excluding hydrogens is 396 g/mol. The number of benzene rings is 2. The number of sulfonamides is 1. The van der Waals surface area contributed by atoms with Crippen LogP contribution in [0, 0.1) is 13.8 Å². The van der Waals surface area contributed by atoms with Gasteiger partial charge < -0.3 is 5.32 Å². The van der Waals surface area contributed by atoms with Gasteiger partial charge >= 0.3 is 0 Å². The van der Waals surface area contributed by atoms with E-state index in [0.29, 0.717) is 17.3 Å². The Morgan fingerprint density at radius 1 is 1.18 bits per heavy atom. The van der Waals surface area contributed by atoms with Gasteiger partial charge in [0, 0.05) is 11.6 Å². The van der Waals surface area contributed by atoms with Crippen LogP contribution in [0.4, 0.5) is 5.69 Å². The van der Waals surface area contributed by atoms with Gasteiger partial charge in [-0.3, -0.25) is 9.10 Å². The molecule has 28 heavy (non-hydrogen) atoms. The maximum absolute atomic E-state index is 12.6. The summed E-state index contributed by atoms with van der Waals surface area (Å²) >= 11 is 6.14. The van der Waals surface area contributed by atoms with E-state index < -0.39 is 16.1 Å². The Labute approximate surface area is 172 Å². The minimum atomic E-state index is -3.66. The lowest BCUT2D eigenvalue weighted by atomic mass is 10.1. The summed E-state index contributed by atoms with van der Waals surface area (Å²) < 4.78 is 25.8. The number of carbonyl (C=O) groups excluding carboxylic acids is 1. The van der Waals surface area contributed by atoms with Gasteiger partial charge in [-0.1, -0.05) is 47.5 Å². The second-order valence-corrected chi connectivity index (χ2v) is 9.32. The van der Waals surface area contributed by atoms with E-state index in [1.807, 2.05) is 26.0 Å². The van der Waals surface area contributed by atoms with Crippen LogP contribution >= 0.6 is 11.6 Å². The highest BCUT2D eigenvalue weighted by Crippen LogP contribution is 2.26. The summed E-state index contributed by atoms with van der Waals surface area (Å²) in [5.41, 5.74) is 3.64. The summed E-state index contributed by atoms with van der Waals surface area (Å²) in [4.78, 5) is 12.6. The van der Waals surface area contributed by atoms with Gasteiger partial charge in [-0.05, 0) is 56.9 Å². The molecule has 0 aliphatic heterocycles. The molecule has 152 valence electrons. The van der Waals surface area contributed by atoms with E-state index in [1.54, 1.807) is 25.1 Å². The molecule has 2 aromatic rings. The van der Waals surface area contributed by atoms with E-state index in [0.717, 1.165) is 29.0 Å². The number of anilines is 1. The third-order valence-electron chi connectivity index (χ3n) is 4.52. The molecule has 2 rings (SSSR count). The average molecular weight is 423 g/mol. The first kappa shape index (κ1) is 22.2. The van der Waals surface area contributed by atoms with Crippen LogP contribution in [-0.2, 0) is 21.2 Å². The zero-order valence-electron chi connectivity index (χ0n) is 16.7. The second kappa shape index (κ2) is 9.43. The molecule has 0 fully saturated rings. The third kappa shape index (κ3) is 5.97. The highest BCUT2D eigenvalue weighted by Gasteiger charge is 2.29. The molecule has 0 radical (unpaired) electrons. The Bertz CT molecular complexity index is 944. The normalized spacial score (nSPS) is 12.5. The summed E-state index contributed by atoms with van der Waals surface area (Å²) in [7, 11) is -3.66. The van der Waals surface area contributed by atoms with E-state index in [-0.39, 0.29) is 5.91 Å². The first-order valence-corrected chi connectivity index (χ1v) is 11.4. The molecule has 0 aromatic heterocycles. The maximum atomic E-state index is 12.6. The summed E-state index contributed by atoms with van der Waals surface area (Å²) in [6, 6.07) is 12.3. The fourth-order valence-electron chi connectivity index (χ4n) is 3.05. The van der Waals surface area contributed by atoms with Crippen LogP contribution in [0.15, 0.2) is 42.5 Å². The van der Waals surface area contributed by atoms with Crippen molar-refractivity contribution in [1.82, 2.24) is 5.32 Å². The molecule has 0 unspecified atom stereocenters. The largest absolute Gasteiger partial charge is 0.354 e. The van der Waals surface area contributed by atoms with Crippen molar-refractivity contribution >= 4 is 33.2 Å². The van der Waals surface area contributed by atoms with Crippen molar-refractivity contribution in [2.75, 3.05) is 17.1 Å². The smallest absolute Gasteiger partial charge is 0.243 e. The fraction of sp³-hybridized carbons (Fsp3) is 0.381. The molecule has 7 heteroatoms. The lowest BCUT2D eigenvalue weighted by molar-refractivity contribution is -0.121. The third-order valence-corrected chi connectivity index (χ3v) is 6.17. The highest BCUT2D eigenvalue weighted by molar-refractivity contribution is 7.92. The molecule has 0 aliphatic rings. The van der Waals surface area contributed by atoms with Crippen molar-refractivity contribution in [1.29, 1.82) is 0 Å². The van der Waals surface area contributed by atoms with E-state index in [2.05, 4.69) is 17.4 Å². The standard InChI is InChI=1S/C21H27ClN2O3S/c1-15-7-5-8-18(13-15)9-6-12-23-21(25)17(3)24(28(4,26)27)19-11-10-16(2)20(22)14-19/h5,7-8,10-11,13-14,17H,6,9,12H2,1-4H3,(H,23,25)/t17-/m1/s1. The van der Waals surface area contributed by atoms with Crippen molar-refractivity contribution in [3.63, 3.8) is 0 Å². The van der Waals surface area contributed by atoms with Crippen molar-refractivity contribution in [2.45, 2.75) is 39.7 Å². The second-order valence-electron chi connectivity index (χ2n) is 7.05. The maximum Gasteiger partial charge on any atom is 0.243 e. The molecule has 1 N–H and O–H groups in total. The van der Waals surface area contributed by atoms with Crippen LogP contribution in [0.25, 0.3) is 0 Å². The minimum absolute atomic E-state index is 0.341. The van der Waals surface area contributed by atoms with Gasteiger partial charge in [0.2, 0.25) is 15.9 Å². The van der Waals surface area contributed by atoms with E-state index in [9.17, 15) is 13.2 Å². The molecular formula is C21H27ClN2O3S. The van der Waals surface area contributed by atoms with Gasteiger partial charge in [-0.2, -0.15) is 0 Å². The predicted octanol–water partition coefficient (Wildman–Crippen LogP) is 3.86. The number of carbonyl (C=O) groups is 1. The molecule has 0 spiro atoms. The molecule has 0 bridgehead atoms. The molecule has 0 aliphatic carbocycles. The number of hydrogen-bond donors (Lipinski definition) is 1. The van der Waals surface area contributed by atoms with Crippen LogP contribution < -0.4 is 9.62 Å². The number of nitrogens with one attached hydrogen (secondary N) is 1. The Morgan fingerprint density at radius 2 is 1.89 bits per heavy atom. The van der Waals surface area contributed by atoms with Crippen LogP contribution in [-0.4, -0.2) is 33.2 Å².